The lowest BCUT2D eigenvalue weighted by atomic mass is 9.82. The molecule has 1 fully saturated rings. The standard InChI is InChI=1S/C27H29F2NO/c1-3-7-17-12-24(28)26(25(29)13-17)27-23-14-18-8-5-6-9-21(18)22(23)15-19(4-2)30(27)20-10-11-31-16-20/h3,5-9,12-13,19-20,27H,4,10-11,14-16H2,1-2H3/b7-3+/t19-,20+,27+/m1/s1. The van der Waals surface area contributed by atoms with Crippen LogP contribution in [-0.2, 0) is 11.2 Å². The molecule has 0 radical (unpaired) electrons. The zero-order valence-corrected chi connectivity index (χ0v) is 18.2. The second-order valence-corrected chi connectivity index (χ2v) is 8.87. The van der Waals surface area contributed by atoms with Gasteiger partial charge in [-0.15, -0.1) is 0 Å². The van der Waals surface area contributed by atoms with Gasteiger partial charge in [0.1, 0.15) is 11.6 Å². The molecule has 1 aliphatic carbocycles. The van der Waals surface area contributed by atoms with Gasteiger partial charge >= 0.3 is 0 Å². The van der Waals surface area contributed by atoms with Gasteiger partial charge in [-0.3, -0.25) is 4.90 Å². The largest absolute Gasteiger partial charge is 0.380 e. The maximum absolute atomic E-state index is 15.5. The van der Waals surface area contributed by atoms with Crippen LogP contribution in [-0.4, -0.2) is 30.2 Å². The zero-order valence-electron chi connectivity index (χ0n) is 18.2. The number of fused-ring (bicyclic) bond motifs is 2. The molecule has 2 nitrogen and oxygen atoms in total. The molecule has 3 atom stereocenters. The lowest BCUT2D eigenvalue weighted by Crippen LogP contribution is -2.49. The molecular weight excluding hydrogens is 392 g/mol. The van der Waals surface area contributed by atoms with Crippen LogP contribution in [0, 0.1) is 11.6 Å². The first kappa shape index (κ1) is 20.6. The van der Waals surface area contributed by atoms with E-state index in [0.29, 0.717) is 18.8 Å². The number of benzene rings is 2. The third-order valence-electron chi connectivity index (χ3n) is 7.13. The third kappa shape index (κ3) is 3.46. The molecule has 4 heteroatoms. The van der Waals surface area contributed by atoms with Gasteiger partial charge in [0, 0.05) is 24.3 Å². The minimum Gasteiger partial charge on any atom is -0.380 e. The highest BCUT2D eigenvalue weighted by atomic mass is 19.1. The molecule has 2 heterocycles. The fourth-order valence-electron chi connectivity index (χ4n) is 5.79. The van der Waals surface area contributed by atoms with E-state index in [-0.39, 0.29) is 17.6 Å². The Morgan fingerprint density at radius 3 is 2.61 bits per heavy atom. The first-order chi connectivity index (χ1) is 15.1. The van der Waals surface area contributed by atoms with Gasteiger partial charge in [0.15, 0.2) is 0 Å². The van der Waals surface area contributed by atoms with Crippen LogP contribution >= 0.6 is 0 Å². The van der Waals surface area contributed by atoms with Gasteiger partial charge in [-0.2, -0.15) is 0 Å². The number of allylic oxidation sites excluding steroid dienone is 1. The van der Waals surface area contributed by atoms with E-state index < -0.39 is 17.7 Å². The molecule has 162 valence electrons. The van der Waals surface area contributed by atoms with Crippen molar-refractivity contribution in [1.29, 1.82) is 0 Å². The molecule has 0 unspecified atom stereocenters. The van der Waals surface area contributed by atoms with Crippen molar-refractivity contribution in [3.8, 4) is 0 Å². The molecule has 0 spiro atoms. The summed E-state index contributed by atoms with van der Waals surface area (Å²) in [6.45, 7) is 5.37. The Hall–Kier alpha value is -2.30. The van der Waals surface area contributed by atoms with Gasteiger partial charge in [-0.25, -0.2) is 8.78 Å². The second kappa shape index (κ2) is 8.33. The van der Waals surface area contributed by atoms with Crippen LogP contribution in [0.4, 0.5) is 8.78 Å². The van der Waals surface area contributed by atoms with Crippen LogP contribution in [0.25, 0.3) is 11.6 Å². The molecule has 0 bridgehead atoms. The molecule has 0 saturated carbocycles. The fourth-order valence-corrected chi connectivity index (χ4v) is 5.79. The highest BCUT2D eigenvalue weighted by molar-refractivity contribution is 5.79. The SMILES string of the molecule is C/C=C/c1cc(F)c([C@@H]2C3=C(C[C@@H](CC)N2[C@H]2CCOC2)c2ccccc2C3)c(F)c1. The van der Waals surface area contributed by atoms with E-state index in [0.717, 1.165) is 31.3 Å². The molecule has 2 aromatic rings. The molecular formula is C27H29F2NO. The van der Waals surface area contributed by atoms with Crippen molar-refractivity contribution in [2.24, 2.45) is 0 Å². The Balaban J connectivity index is 1.70. The highest BCUT2D eigenvalue weighted by Gasteiger charge is 2.45. The number of halogens is 2. The molecule has 0 N–H and O–H groups in total. The normalized spacial score (nSPS) is 26.0. The van der Waals surface area contributed by atoms with Crippen LogP contribution < -0.4 is 0 Å². The number of ether oxygens (including phenoxy) is 1. The molecule has 2 aliphatic heterocycles. The Kier molecular flexibility index (Phi) is 5.53. The summed E-state index contributed by atoms with van der Waals surface area (Å²) in [5.41, 5.74) is 5.73. The quantitative estimate of drug-likeness (QED) is 0.573. The summed E-state index contributed by atoms with van der Waals surface area (Å²) < 4.78 is 36.8. The Morgan fingerprint density at radius 2 is 1.94 bits per heavy atom. The summed E-state index contributed by atoms with van der Waals surface area (Å²) in [6, 6.07) is 11.4. The van der Waals surface area contributed by atoms with Crippen molar-refractivity contribution in [1.82, 2.24) is 4.90 Å². The number of rotatable bonds is 4. The van der Waals surface area contributed by atoms with Crippen LogP contribution in [0.2, 0.25) is 0 Å². The molecule has 2 aromatic carbocycles. The molecule has 1 saturated heterocycles. The van der Waals surface area contributed by atoms with Crippen molar-refractivity contribution in [3.63, 3.8) is 0 Å². The topological polar surface area (TPSA) is 12.5 Å². The van der Waals surface area contributed by atoms with Gasteiger partial charge in [0.25, 0.3) is 0 Å². The molecule has 3 aliphatic rings. The fraction of sp³-hybridized carbons (Fsp3) is 0.407. The first-order valence-electron chi connectivity index (χ1n) is 11.4. The van der Waals surface area contributed by atoms with Crippen LogP contribution in [0.1, 0.15) is 61.4 Å². The number of hydrogen-bond acceptors (Lipinski definition) is 2. The third-order valence-corrected chi connectivity index (χ3v) is 7.13. The minimum absolute atomic E-state index is 0.182. The van der Waals surface area contributed by atoms with Crippen LogP contribution in [0.5, 0.6) is 0 Å². The molecule has 0 amide bonds. The Labute approximate surface area is 183 Å². The van der Waals surface area contributed by atoms with Crippen molar-refractivity contribution < 1.29 is 13.5 Å². The maximum Gasteiger partial charge on any atom is 0.131 e. The Bertz CT molecular complexity index is 1030. The van der Waals surface area contributed by atoms with Gasteiger partial charge in [-0.1, -0.05) is 43.3 Å². The van der Waals surface area contributed by atoms with E-state index in [1.54, 1.807) is 12.2 Å². The average molecular weight is 422 g/mol. The van der Waals surface area contributed by atoms with E-state index in [4.69, 9.17) is 4.74 Å². The second-order valence-electron chi connectivity index (χ2n) is 8.87. The summed E-state index contributed by atoms with van der Waals surface area (Å²) in [5.74, 6) is -0.914. The van der Waals surface area contributed by atoms with Gasteiger partial charge < -0.3 is 4.74 Å². The van der Waals surface area contributed by atoms with E-state index in [2.05, 4.69) is 36.1 Å². The van der Waals surface area contributed by atoms with Gasteiger partial charge in [0.2, 0.25) is 0 Å². The van der Waals surface area contributed by atoms with Crippen LogP contribution in [0.15, 0.2) is 48.0 Å². The summed E-state index contributed by atoms with van der Waals surface area (Å²) >= 11 is 0. The maximum atomic E-state index is 15.5. The summed E-state index contributed by atoms with van der Waals surface area (Å²) in [6.07, 6.45) is 7.07. The van der Waals surface area contributed by atoms with Gasteiger partial charge in [-0.05, 0) is 72.6 Å². The summed E-state index contributed by atoms with van der Waals surface area (Å²) in [5, 5.41) is 0. The highest BCUT2D eigenvalue weighted by Crippen LogP contribution is 2.51. The first-order valence-corrected chi connectivity index (χ1v) is 11.4. The molecule has 0 aromatic heterocycles. The zero-order chi connectivity index (χ0) is 21.5. The van der Waals surface area contributed by atoms with Crippen molar-refractivity contribution in [3.05, 3.63) is 81.9 Å². The molecule has 31 heavy (non-hydrogen) atoms. The lowest BCUT2D eigenvalue weighted by Gasteiger charge is -2.46. The van der Waals surface area contributed by atoms with E-state index >= 15 is 8.78 Å². The van der Waals surface area contributed by atoms with Crippen LogP contribution in [0.3, 0.4) is 0 Å². The lowest BCUT2D eigenvalue weighted by molar-refractivity contribution is 0.0682. The monoisotopic (exact) mass is 421 g/mol. The van der Waals surface area contributed by atoms with Crippen molar-refractivity contribution >= 4 is 11.6 Å². The summed E-state index contributed by atoms with van der Waals surface area (Å²) in [7, 11) is 0. The number of hydrogen-bond donors (Lipinski definition) is 0. The van der Waals surface area contributed by atoms with Crippen molar-refractivity contribution in [2.75, 3.05) is 13.2 Å². The minimum atomic E-state index is -0.457. The predicted octanol–water partition coefficient (Wildman–Crippen LogP) is 6.32. The van der Waals surface area contributed by atoms with E-state index in [9.17, 15) is 0 Å². The smallest absolute Gasteiger partial charge is 0.131 e. The van der Waals surface area contributed by atoms with E-state index in [1.165, 1.54) is 28.8 Å². The number of nitrogens with zero attached hydrogens (tertiary/aromatic N) is 1. The Morgan fingerprint density at radius 1 is 1.16 bits per heavy atom. The molecule has 5 rings (SSSR count). The van der Waals surface area contributed by atoms with Gasteiger partial charge in [0.05, 0.1) is 12.6 Å². The van der Waals surface area contributed by atoms with E-state index in [1.807, 2.05) is 6.92 Å². The average Bonchev–Trinajstić information content (AvgIpc) is 3.41. The predicted molar refractivity (Wildman–Crippen MR) is 121 cm³/mol. The summed E-state index contributed by atoms with van der Waals surface area (Å²) in [4.78, 5) is 2.38. The van der Waals surface area contributed by atoms with Crippen molar-refractivity contribution in [2.45, 2.75) is 57.7 Å².